The maximum absolute atomic E-state index is 14.7. The van der Waals surface area contributed by atoms with E-state index in [1.165, 1.54) is 20.1 Å². The Morgan fingerprint density at radius 1 is 1.29 bits per heavy atom. The standard InChI is InChI=1S/C23H25FN2O5/c1-13(25-14(2)27)11-29-17-6-7-19-20(10-17)31-23(26-19)16-8-18(24)22(21(9-16)28-3)30-12-15-4-5-15/h6-10,13,15H,4-5,11-12H2,1-3H3,(H,25,27)/t13-/m0/s1. The number of carbonyl (C=O) groups excluding carboxylic acids is 1. The van der Waals surface area contributed by atoms with E-state index in [1.807, 2.05) is 6.92 Å². The van der Waals surface area contributed by atoms with Crippen molar-refractivity contribution >= 4 is 17.0 Å². The Hall–Kier alpha value is -3.29. The van der Waals surface area contributed by atoms with Gasteiger partial charge in [0.15, 0.2) is 22.9 Å². The first kappa shape index (κ1) is 21.0. The molecule has 0 radical (unpaired) electrons. The van der Waals surface area contributed by atoms with Crippen molar-refractivity contribution in [3.63, 3.8) is 0 Å². The summed E-state index contributed by atoms with van der Waals surface area (Å²) >= 11 is 0. The van der Waals surface area contributed by atoms with E-state index in [-0.39, 0.29) is 23.6 Å². The summed E-state index contributed by atoms with van der Waals surface area (Å²) < 4.78 is 37.2. The summed E-state index contributed by atoms with van der Waals surface area (Å²) in [6.07, 6.45) is 2.23. The van der Waals surface area contributed by atoms with Crippen LogP contribution in [0, 0.1) is 11.7 Å². The number of nitrogens with zero attached hydrogens (tertiary/aromatic N) is 1. The first-order valence-electron chi connectivity index (χ1n) is 10.2. The molecule has 1 saturated carbocycles. The summed E-state index contributed by atoms with van der Waals surface area (Å²) in [5, 5.41) is 2.76. The number of ether oxygens (including phenoxy) is 3. The average Bonchev–Trinajstić information content (AvgIpc) is 3.46. The summed E-state index contributed by atoms with van der Waals surface area (Å²) in [6, 6.07) is 8.11. The van der Waals surface area contributed by atoms with Crippen molar-refractivity contribution in [2.75, 3.05) is 20.3 Å². The van der Waals surface area contributed by atoms with Crippen LogP contribution in [0.15, 0.2) is 34.7 Å². The first-order chi connectivity index (χ1) is 14.9. The number of hydrogen-bond acceptors (Lipinski definition) is 6. The van der Waals surface area contributed by atoms with Crippen molar-refractivity contribution in [2.45, 2.75) is 32.7 Å². The highest BCUT2D eigenvalue weighted by atomic mass is 19.1. The molecular weight excluding hydrogens is 403 g/mol. The van der Waals surface area contributed by atoms with Crippen LogP contribution in [0.5, 0.6) is 17.2 Å². The second kappa shape index (κ2) is 8.83. The number of carbonyl (C=O) groups is 1. The van der Waals surface area contributed by atoms with Gasteiger partial charge in [-0.05, 0) is 49.9 Å². The molecule has 1 amide bonds. The van der Waals surface area contributed by atoms with Gasteiger partial charge < -0.3 is 23.9 Å². The number of benzene rings is 2. The molecule has 0 aliphatic heterocycles. The van der Waals surface area contributed by atoms with Crippen molar-refractivity contribution in [1.29, 1.82) is 0 Å². The maximum Gasteiger partial charge on any atom is 0.227 e. The average molecular weight is 428 g/mol. The quantitative estimate of drug-likeness (QED) is 0.546. The molecule has 31 heavy (non-hydrogen) atoms. The van der Waals surface area contributed by atoms with Gasteiger partial charge in [-0.2, -0.15) is 0 Å². The van der Waals surface area contributed by atoms with Gasteiger partial charge in [0.05, 0.1) is 19.8 Å². The summed E-state index contributed by atoms with van der Waals surface area (Å²) in [5.74, 6) is 1.13. The van der Waals surface area contributed by atoms with Gasteiger partial charge in [-0.3, -0.25) is 4.79 Å². The number of hydrogen-bond donors (Lipinski definition) is 1. The van der Waals surface area contributed by atoms with Crippen molar-refractivity contribution < 1.29 is 27.8 Å². The van der Waals surface area contributed by atoms with E-state index in [0.717, 1.165) is 12.8 Å². The summed E-state index contributed by atoms with van der Waals surface area (Å²) in [5.41, 5.74) is 1.57. The Morgan fingerprint density at radius 3 is 2.81 bits per heavy atom. The lowest BCUT2D eigenvalue weighted by molar-refractivity contribution is -0.119. The van der Waals surface area contributed by atoms with E-state index < -0.39 is 5.82 Å². The summed E-state index contributed by atoms with van der Waals surface area (Å²) in [7, 11) is 1.47. The molecule has 164 valence electrons. The summed E-state index contributed by atoms with van der Waals surface area (Å²) in [4.78, 5) is 15.6. The molecule has 8 heteroatoms. The molecule has 4 rings (SSSR count). The van der Waals surface area contributed by atoms with Crippen LogP contribution in [0.2, 0.25) is 0 Å². The Morgan fingerprint density at radius 2 is 2.10 bits per heavy atom. The fraction of sp³-hybridized carbons (Fsp3) is 0.391. The molecule has 1 aliphatic rings. The van der Waals surface area contributed by atoms with Crippen LogP contribution in [0.3, 0.4) is 0 Å². The zero-order valence-electron chi connectivity index (χ0n) is 17.7. The SMILES string of the molecule is COc1cc(-c2nc3ccc(OC[C@H](C)NC(C)=O)cc3o2)cc(F)c1OCC1CC1. The first-order valence-corrected chi connectivity index (χ1v) is 10.2. The molecule has 1 aromatic heterocycles. The molecule has 0 spiro atoms. The second-order valence-corrected chi connectivity index (χ2v) is 7.80. The normalized spacial score (nSPS) is 14.3. The molecule has 0 unspecified atom stereocenters. The number of methoxy groups -OCH3 is 1. The Balaban J connectivity index is 1.53. The van der Waals surface area contributed by atoms with E-state index in [0.29, 0.717) is 47.3 Å². The third-order valence-electron chi connectivity index (χ3n) is 4.95. The third-order valence-corrected chi connectivity index (χ3v) is 4.95. The molecular formula is C23H25FN2O5. The van der Waals surface area contributed by atoms with Crippen LogP contribution in [-0.2, 0) is 4.79 Å². The molecule has 3 aromatic rings. The molecule has 0 bridgehead atoms. The van der Waals surface area contributed by atoms with Gasteiger partial charge in [-0.1, -0.05) is 0 Å². The number of oxazole rings is 1. The van der Waals surface area contributed by atoms with Crippen molar-refractivity contribution in [2.24, 2.45) is 5.92 Å². The van der Waals surface area contributed by atoms with E-state index in [1.54, 1.807) is 24.3 Å². The number of nitrogens with one attached hydrogen (secondary N) is 1. The van der Waals surface area contributed by atoms with Crippen LogP contribution in [0.4, 0.5) is 4.39 Å². The number of halogens is 1. The highest BCUT2D eigenvalue weighted by molar-refractivity contribution is 5.78. The fourth-order valence-corrected chi connectivity index (χ4v) is 3.20. The van der Waals surface area contributed by atoms with E-state index in [9.17, 15) is 9.18 Å². The number of rotatable bonds is 9. The van der Waals surface area contributed by atoms with Gasteiger partial charge in [-0.15, -0.1) is 0 Å². The van der Waals surface area contributed by atoms with E-state index in [2.05, 4.69) is 10.3 Å². The number of amides is 1. The number of fused-ring (bicyclic) bond motifs is 1. The monoisotopic (exact) mass is 428 g/mol. The van der Waals surface area contributed by atoms with Crippen LogP contribution >= 0.6 is 0 Å². The second-order valence-electron chi connectivity index (χ2n) is 7.80. The van der Waals surface area contributed by atoms with Crippen LogP contribution in [-0.4, -0.2) is 37.3 Å². The molecule has 7 nitrogen and oxygen atoms in total. The molecule has 1 fully saturated rings. The minimum absolute atomic E-state index is 0.109. The molecule has 0 saturated heterocycles. The predicted octanol–water partition coefficient (Wildman–Crippen LogP) is 4.33. The zero-order valence-corrected chi connectivity index (χ0v) is 17.7. The van der Waals surface area contributed by atoms with Crippen molar-refractivity contribution in [3.8, 4) is 28.7 Å². The molecule has 1 N–H and O–H groups in total. The lowest BCUT2D eigenvalue weighted by Gasteiger charge is -2.13. The van der Waals surface area contributed by atoms with Gasteiger partial charge in [-0.25, -0.2) is 9.37 Å². The Labute approximate surface area is 179 Å². The Bertz CT molecular complexity index is 1090. The van der Waals surface area contributed by atoms with Gasteiger partial charge in [0.2, 0.25) is 11.8 Å². The third kappa shape index (κ3) is 5.07. The van der Waals surface area contributed by atoms with Gasteiger partial charge in [0.25, 0.3) is 0 Å². The van der Waals surface area contributed by atoms with Crippen molar-refractivity contribution in [3.05, 3.63) is 36.1 Å². The highest BCUT2D eigenvalue weighted by Crippen LogP contribution is 2.38. The van der Waals surface area contributed by atoms with Gasteiger partial charge >= 0.3 is 0 Å². The fourth-order valence-electron chi connectivity index (χ4n) is 3.20. The van der Waals surface area contributed by atoms with Crippen LogP contribution in [0.1, 0.15) is 26.7 Å². The van der Waals surface area contributed by atoms with Crippen LogP contribution < -0.4 is 19.5 Å². The van der Waals surface area contributed by atoms with Gasteiger partial charge in [0, 0.05) is 18.6 Å². The van der Waals surface area contributed by atoms with Crippen molar-refractivity contribution in [1.82, 2.24) is 10.3 Å². The van der Waals surface area contributed by atoms with Crippen LogP contribution in [0.25, 0.3) is 22.6 Å². The van der Waals surface area contributed by atoms with Gasteiger partial charge in [0.1, 0.15) is 17.9 Å². The summed E-state index contributed by atoms with van der Waals surface area (Å²) in [6.45, 7) is 4.12. The largest absolute Gasteiger partial charge is 0.493 e. The molecule has 1 aliphatic carbocycles. The topological polar surface area (TPSA) is 82.8 Å². The maximum atomic E-state index is 14.7. The zero-order chi connectivity index (χ0) is 22.0. The smallest absolute Gasteiger partial charge is 0.227 e. The lowest BCUT2D eigenvalue weighted by Crippen LogP contribution is -2.35. The Kier molecular flexibility index (Phi) is 5.97. The minimum atomic E-state index is -0.520. The molecule has 1 heterocycles. The van der Waals surface area contributed by atoms with E-state index in [4.69, 9.17) is 18.6 Å². The molecule has 1 atom stereocenters. The minimum Gasteiger partial charge on any atom is -0.493 e. The lowest BCUT2D eigenvalue weighted by atomic mass is 10.2. The molecule has 2 aromatic carbocycles. The number of aromatic nitrogens is 1. The predicted molar refractivity (Wildman–Crippen MR) is 113 cm³/mol. The van der Waals surface area contributed by atoms with E-state index >= 15 is 0 Å². The highest BCUT2D eigenvalue weighted by Gasteiger charge is 2.24.